The van der Waals surface area contributed by atoms with Gasteiger partial charge < -0.3 is 5.32 Å². The Labute approximate surface area is 86.0 Å². The molecule has 0 radical (unpaired) electrons. The topological polar surface area (TPSA) is 12.0 Å². The monoisotopic (exact) mass is 199 g/mol. The van der Waals surface area contributed by atoms with Crippen molar-refractivity contribution < 1.29 is 0 Å². The Hall–Kier alpha value is 0.310. The first-order chi connectivity index (χ1) is 6.20. The van der Waals surface area contributed by atoms with Crippen molar-refractivity contribution in [1.29, 1.82) is 0 Å². The minimum atomic E-state index is 0.468. The standard InChI is InChI=1S/C11H21NS/c1-9-4-3-6-11(8-9)12-7-5-10(2)13-11/h9-10,12H,3-8H2,1-2H3. The molecule has 13 heavy (non-hydrogen) atoms. The zero-order valence-electron chi connectivity index (χ0n) is 8.81. The predicted octanol–water partition coefficient (Wildman–Crippen LogP) is 3.01. The SMILES string of the molecule is CC1CCCC2(C1)NCCC(C)S2. The van der Waals surface area contributed by atoms with Crippen molar-refractivity contribution in [2.24, 2.45) is 5.92 Å². The van der Waals surface area contributed by atoms with Gasteiger partial charge in [-0.25, -0.2) is 0 Å². The van der Waals surface area contributed by atoms with E-state index in [0.29, 0.717) is 4.87 Å². The molecule has 0 bridgehead atoms. The zero-order chi connectivity index (χ0) is 9.31. The lowest BCUT2D eigenvalue weighted by atomic mass is 9.86. The van der Waals surface area contributed by atoms with Gasteiger partial charge in [-0.3, -0.25) is 0 Å². The van der Waals surface area contributed by atoms with Crippen molar-refractivity contribution >= 4 is 11.8 Å². The van der Waals surface area contributed by atoms with Gasteiger partial charge >= 0.3 is 0 Å². The van der Waals surface area contributed by atoms with Crippen LogP contribution in [0.25, 0.3) is 0 Å². The summed E-state index contributed by atoms with van der Waals surface area (Å²) < 4.78 is 0. The summed E-state index contributed by atoms with van der Waals surface area (Å²) in [4.78, 5) is 0.468. The molecule has 0 amide bonds. The smallest absolute Gasteiger partial charge is 0.0650 e. The van der Waals surface area contributed by atoms with E-state index in [1.807, 2.05) is 0 Å². The Morgan fingerprint density at radius 2 is 2.15 bits per heavy atom. The van der Waals surface area contributed by atoms with Crippen molar-refractivity contribution in [2.45, 2.75) is 56.1 Å². The van der Waals surface area contributed by atoms with Gasteiger partial charge in [-0.2, -0.15) is 0 Å². The third kappa shape index (κ3) is 2.21. The first-order valence-electron chi connectivity index (χ1n) is 5.63. The van der Waals surface area contributed by atoms with Gasteiger partial charge in [0.15, 0.2) is 0 Å². The summed E-state index contributed by atoms with van der Waals surface area (Å²) in [6.45, 7) is 6.02. The van der Waals surface area contributed by atoms with E-state index in [9.17, 15) is 0 Å². The number of hydrogen-bond donors (Lipinski definition) is 1. The van der Waals surface area contributed by atoms with E-state index in [1.54, 1.807) is 0 Å². The van der Waals surface area contributed by atoms with Crippen LogP contribution < -0.4 is 5.32 Å². The second-order valence-electron chi connectivity index (χ2n) is 4.84. The van der Waals surface area contributed by atoms with E-state index in [0.717, 1.165) is 11.2 Å². The van der Waals surface area contributed by atoms with Crippen LogP contribution in [0.3, 0.4) is 0 Å². The maximum absolute atomic E-state index is 3.76. The molecule has 0 aromatic rings. The molecule has 1 nitrogen and oxygen atoms in total. The fourth-order valence-corrected chi connectivity index (χ4v) is 4.59. The molecule has 0 aromatic heterocycles. The highest BCUT2D eigenvalue weighted by molar-refractivity contribution is 8.01. The largest absolute Gasteiger partial charge is 0.303 e. The van der Waals surface area contributed by atoms with E-state index < -0.39 is 0 Å². The summed E-state index contributed by atoms with van der Waals surface area (Å²) in [6.07, 6.45) is 7.00. The Bertz CT molecular complexity index is 161. The van der Waals surface area contributed by atoms with Crippen LogP contribution in [0.15, 0.2) is 0 Å². The van der Waals surface area contributed by atoms with Gasteiger partial charge in [0.1, 0.15) is 0 Å². The molecule has 1 saturated carbocycles. The fraction of sp³-hybridized carbons (Fsp3) is 1.00. The molecule has 0 aromatic carbocycles. The average Bonchev–Trinajstić information content (AvgIpc) is 2.02. The van der Waals surface area contributed by atoms with Gasteiger partial charge in [-0.05, 0) is 31.7 Å². The highest BCUT2D eigenvalue weighted by Crippen LogP contribution is 2.44. The predicted molar refractivity (Wildman–Crippen MR) is 60.0 cm³/mol. The van der Waals surface area contributed by atoms with Crippen molar-refractivity contribution in [2.75, 3.05) is 6.54 Å². The van der Waals surface area contributed by atoms with Crippen LogP contribution in [0, 0.1) is 5.92 Å². The first-order valence-corrected chi connectivity index (χ1v) is 6.51. The van der Waals surface area contributed by atoms with E-state index in [2.05, 4.69) is 30.9 Å². The molecular weight excluding hydrogens is 178 g/mol. The fourth-order valence-electron chi connectivity index (χ4n) is 2.76. The number of hydrogen-bond acceptors (Lipinski definition) is 2. The third-order valence-corrected chi connectivity index (χ3v) is 4.98. The van der Waals surface area contributed by atoms with Crippen LogP contribution in [0.2, 0.25) is 0 Å². The molecule has 1 heterocycles. The Kier molecular flexibility index (Phi) is 2.89. The summed E-state index contributed by atoms with van der Waals surface area (Å²) in [5.74, 6) is 0.930. The van der Waals surface area contributed by atoms with E-state index in [-0.39, 0.29) is 0 Å². The molecule has 1 spiro atoms. The van der Waals surface area contributed by atoms with Gasteiger partial charge in [-0.1, -0.05) is 26.7 Å². The van der Waals surface area contributed by atoms with E-state index >= 15 is 0 Å². The summed E-state index contributed by atoms with van der Waals surface area (Å²) in [6, 6.07) is 0. The normalized spacial score (nSPS) is 46.6. The maximum Gasteiger partial charge on any atom is 0.0650 e. The molecule has 2 heteroatoms. The second-order valence-corrected chi connectivity index (χ2v) is 6.66. The summed E-state index contributed by atoms with van der Waals surface area (Å²) in [5, 5.41) is 4.63. The van der Waals surface area contributed by atoms with Gasteiger partial charge in [0.05, 0.1) is 4.87 Å². The number of rotatable bonds is 0. The lowest BCUT2D eigenvalue weighted by Crippen LogP contribution is -2.50. The molecular formula is C11H21NS. The van der Waals surface area contributed by atoms with Crippen molar-refractivity contribution in [3.05, 3.63) is 0 Å². The van der Waals surface area contributed by atoms with Crippen LogP contribution in [0.5, 0.6) is 0 Å². The van der Waals surface area contributed by atoms with Gasteiger partial charge in [0, 0.05) is 5.25 Å². The Morgan fingerprint density at radius 1 is 1.31 bits per heavy atom. The second kappa shape index (κ2) is 3.82. The van der Waals surface area contributed by atoms with Gasteiger partial charge in [0.2, 0.25) is 0 Å². The quantitative estimate of drug-likeness (QED) is 0.643. The van der Waals surface area contributed by atoms with E-state index in [4.69, 9.17) is 0 Å². The van der Waals surface area contributed by atoms with Crippen LogP contribution in [0.4, 0.5) is 0 Å². The minimum absolute atomic E-state index is 0.468. The molecule has 2 rings (SSSR count). The highest BCUT2D eigenvalue weighted by atomic mass is 32.2. The molecule has 76 valence electrons. The van der Waals surface area contributed by atoms with Crippen molar-refractivity contribution in [3.8, 4) is 0 Å². The van der Waals surface area contributed by atoms with Crippen LogP contribution in [0.1, 0.15) is 46.0 Å². The maximum atomic E-state index is 3.76. The lowest BCUT2D eigenvalue weighted by molar-refractivity contribution is 0.265. The molecule has 1 saturated heterocycles. The van der Waals surface area contributed by atoms with Crippen molar-refractivity contribution in [1.82, 2.24) is 5.32 Å². The van der Waals surface area contributed by atoms with Gasteiger partial charge in [0.25, 0.3) is 0 Å². The molecule has 1 aliphatic carbocycles. The molecule has 3 unspecified atom stereocenters. The number of thioether (sulfide) groups is 1. The Balaban J connectivity index is 2.00. The molecule has 2 aliphatic rings. The molecule has 3 atom stereocenters. The van der Waals surface area contributed by atoms with Crippen LogP contribution >= 0.6 is 11.8 Å². The minimum Gasteiger partial charge on any atom is -0.303 e. The van der Waals surface area contributed by atoms with Crippen LogP contribution in [-0.4, -0.2) is 16.7 Å². The lowest BCUT2D eigenvalue weighted by Gasteiger charge is -2.45. The first kappa shape index (κ1) is 9.85. The Morgan fingerprint density at radius 3 is 2.85 bits per heavy atom. The number of nitrogens with one attached hydrogen (secondary N) is 1. The molecule has 2 fully saturated rings. The summed E-state index contributed by atoms with van der Waals surface area (Å²) in [5.41, 5.74) is 0. The zero-order valence-corrected chi connectivity index (χ0v) is 9.62. The average molecular weight is 199 g/mol. The highest BCUT2D eigenvalue weighted by Gasteiger charge is 2.38. The van der Waals surface area contributed by atoms with Crippen molar-refractivity contribution in [3.63, 3.8) is 0 Å². The third-order valence-electron chi connectivity index (χ3n) is 3.38. The van der Waals surface area contributed by atoms with Gasteiger partial charge in [-0.15, -0.1) is 11.8 Å². The molecule has 1 N–H and O–H groups in total. The summed E-state index contributed by atoms with van der Waals surface area (Å²) >= 11 is 2.20. The molecule has 1 aliphatic heterocycles. The van der Waals surface area contributed by atoms with Crippen LogP contribution in [-0.2, 0) is 0 Å². The van der Waals surface area contributed by atoms with E-state index in [1.165, 1.54) is 38.6 Å². The summed E-state index contributed by atoms with van der Waals surface area (Å²) in [7, 11) is 0.